The molecule has 2 atom stereocenters. The Balaban J connectivity index is 1.74. The van der Waals surface area contributed by atoms with E-state index in [1.165, 1.54) is 12.3 Å². The molecule has 0 aliphatic heterocycles. The van der Waals surface area contributed by atoms with Gasteiger partial charge in [0.15, 0.2) is 0 Å². The lowest BCUT2D eigenvalue weighted by Crippen LogP contribution is -2.17. The molecule has 2 unspecified atom stereocenters. The van der Waals surface area contributed by atoms with Gasteiger partial charge in [-0.15, -0.1) is 0 Å². The largest absolute Gasteiger partial charge is 0.322 e. The van der Waals surface area contributed by atoms with Gasteiger partial charge in [-0.2, -0.15) is 0 Å². The Bertz CT molecular complexity index is 837. The zero-order valence-electron chi connectivity index (χ0n) is 13.1. The first-order valence-electron chi connectivity index (χ1n) is 7.53. The maximum Gasteiger partial charge on any atom is 0.258 e. The van der Waals surface area contributed by atoms with Crippen LogP contribution in [0.15, 0.2) is 30.5 Å². The summed E-state index contributed by atoms with van der Waals surface area (Å²) in [5.74, 6) is -1.30. The summed E-state index contributed by atoms with van der Waals surface area (Å²) in [4.78, 5) is 28.2. The molecule has 8 heteroatoms. The predicted molar refractivity (Wildman–Crippen MR) is 95.0 cm³/mol. The van der Waals surface area contributed by atoms with Gasteiger partial charge in [-0.25, -0.2) is 9.37 Å². The predicted octanol–water partition coefficient (Wildman–Crippen LogP) is 4.25. The molecular weight excluding hydrogens is 368 g/mol. The first-order valence-corrected chi connectivity index (χ1v) is 8.28. The van der Waals surface area contributed by atoms with Crippen LogP contribution in [-0.2, 0) is 4.79 Å². The van der Waals surface area contributed by atoms with E-state index in [1.54, 1.807) is 18.2 Å². The average molecular weight is 382 g/mol. The van der Waals surface area contributed by atoms with Gasteiger partial charge in [0, 0.05) is 18.0 Å². The third-order valence-corrected chi connectivity index (χ3v) is 4.33. The van der Waals surface area contributed by atoms with Crippen molar-refractivity contribution < 1.29 is 14.0 Å². The molecule has 5 nitrogen and oxygen atoms in total. The number of halogens is 3. The molecular formula is C17H14Cl2FN3O2. The summed E-state index contributed by atoms with van der Waals surface area (Å²) in [6, 6.07) is 6.31. The van der Waals surface area contributed by atoms with Gasteiger partial charge in [-0.05, 0) is 37.1 Å². The summed E-state index contributed by atoms with van der Waals surface area (Å²) in [5, 5.41) is 5.66. The summed E-state index contributed by atoms with van der Waals surface area (Å²) in [5.41, 5.74) is 1.40. The minimum atomic E-state index is -1.09. The highest BCUT2D eigenvalue weighted by atomic mass is 35.5. The number of aromatic nitrogens is 1. The van der Waals surface area contributed by atoms with Crippen molar-refractivity contribution in [2.24, 2.45) is 5.92 Å². The molecule has 0 bridgehead atoms. The molecule has 1 aliphatic carbocycles. The van der Waals surface area contributed by atoms with Gasteiger partial charge in [0.05, 0.1) is 21.5 Å². The SMILES string of the molecule is Cc1cc(Cl)c(C(=O)Nc2ccnc(NC(=O)C3CC3F)c2)c(Cl)c1. The van der Waals surface area contributed by atoms with Crippen LogP contribution in [0.1, 0.15) is 22.3 Å². The van der Waals surface area contributed by atoms with Gasteiger partial charge in [0.25, 0.3) is 5.91 Å². The van der Waals surface area contributed by atoms with Crippen molar-refractivity contribution >= 4 is 46.5 Å². The molecule has 1 fully saturated rings. The molecule has 2 aromatic rings. The minimum Gasteiger partial charge on any atom is -0.322 e. The van der Waals surface area contributed by atoms with Crippen LogP contribution < -0.4 is 10.6 Å². The van der Waals surface area contributed by atoms with Crippen molar-refractivity contribution in [2.75, 3.05) is 10.6 Å². The van der Waals surface area contributed by atoms with Crippen LogP contribution in [-0.4, -0.2) is 23.0 Å². The van der Waals surface area contributed by atoms with E-state index in [0.717, 1.165) is 5.56 Å². The molecule has 1 aliphatic rings. The normalized spacial score (nSPS) is 18.6. The van der Waals surface area contributed by atoms with Gasteiger partial charge < -0.3 is 10.6 Å². The first kappa shape index (κ1) is 17.6. The Morgan fingerprint density at radius 2 is 1.84 bits per heavy atom. The highest BCUT2D eigenvalue weighted by molar-refractivity contribution is 6.40. The summed E-state index contributed by atoms with van der Waals surface area (Å²) >= 11 is 12.2. The van der Waals surface area contributed by atoms with Crippen molar-refractivity contribution in [1.82, 2.24) is 4.98 Å². The smallest absolute Gasteiger partial charge is 0.258 e. The van der Waals surface area contributed by atoms with E-state index < -0.39 is 23.9 Å². The first-order chi connectivity index (χ1) is 11.8. The molecule has 1 heterocycles. The van der Waals surface area contributed by atoms with E-state index >= 15 is 0 Å². The fourth-order valence-corrected chi connectivity index (χ4v) is 3.11. The van der Waals surface area contributed by atoms with Gasteiger partial charge in [-0.3, -0.25) is 9.59 Å². The van der Waals surface area contributed by atoms with Crippen LogP contribution >= 0.6 is 23.2 Å². The van der Waals surface area contributed by atoms with Gasteiger partial charge in [-0.1, -0.05) is 23.2 Å². The van der Waals surface area contributed by atoms with Crippen molar-refractivity contribution in [2.45, 2.75) is 19.5 Å². The average Bonchev–Trinajstić information content (AvgIpc) is 3.23. The number of nitrogens with one attached hydrogen (secondary N) is 2. The van der Waals surface area contributed by atoms with Crippen molar-refractivity contribution in [3.8, 4) is 0 Å². The number of benzene rings is 1. The number of alkyl halides is 1. The molecule has 0 spiro atoms. The van der Waals surface area contributed by atoms with E-state index in [4.69, 9.17) is 23.2 Å². The quantitative estimate of drug-likeness (QED) is 0.831. The Kier molecular flexibility index (Phi) is 4.92. The van der Waals surface area contributed by atoms with Gasteiger partial charge >= 0.3 is 0 Å². The summed E-state index contributed by atoms with van der Waals surface area (Å²) < 4.78 is 12.9. The fourth-order valence-electron chi connectivity index (χ4n) is 2.34. The lowest BCUT2D eigenvalue weighted by molar-refractivity contribution is -0.117. The van der Waals surface area contributed by atoms with Gasteiger partial charge in [0.1, 0.15) is 12.0 Å². The van der Waals surface area contributed by atoms with E-state index in [0.29, 0.717) is 5.69 Å². The Morgan fingerprint density at radius 1 is 1.20 bits per heavy atom. The number of aryl methyl sites for hydroxylation is 1. The van der Waals surface area contributed by atoms with Gasteiger partial charge in [0.2, 0.25) is 5.91 Å². The second kappa shape index (κ2) is 6.98. The number of rotatable bonds is 4. The monoisotopic (exact) mass is 381 g/mol. The molecule has 130 valence electrons. The molecule has 2 amide bonds. The van der Waals surface area contributed by atoms with Crippen molar-refractivity contribution in [3.63, 3.8) is 0 Å². The number of amides is 2. The third-order valence-electron chi connectivity index (χ3n) is 3.73. The standard InChI is InChI=1S/C17H14Cl2FN3O2/c1-8-4-11(18)15(12(19)5-8)17(25)22-9-2-3-21-14(6-9)23-16(24)10-7-13(10)20/h2-6,10,13H,7H2,1H3,(H2,21,22,23,24,25). The highest BCUT2D eigenvalue weighted by Gasteiger charge is 2.43. The van der Waals surface area contributed by atoms with E-state index in [2.05, 4.69) is 15.6 Å². The topological polar surface area (TPSA) is 71.1 Å². The van der Waals surface area contributed by atoms with Crippen LogP contribution in [0, 0.1) is 12.8 Å². The number of carbonyl (C=O) groups is 2. The van der Waals surface area contributed by atoms with Crippen LogP contribution in [0.3, 0.4) is 0 Å². The number of anilines is 2. The van der Waals surface area contributed by atoms with Crippen LogP contribution in [0.2, 0.25) is 10.0 Å². The maximum absolute atomic E-state index is 12.9. The molecule has 0 saturated heterocycles. The molecule has 25 heavy (non-hydrogen) atoms. The lowest BCUT2D eigenvalue weighted by Gasteiger charge is -2.10. The fraction of sp³-hybridized carbons (Fsp3) is 0.235. The zero-order chi connectivity index (χ0) is 18.1. The number of hydrogen-bond donors (Lipinski definition) is 2. The lowest BCUT2D eigenvalue weighted by atomic mass is 10.1. The molecule has 1 aromatic carbocycles. The molecule has 1 aromatic heterocycles. The zero-order valence-corrected chi connectivity index (χ0v) is 14.7. The van der Waals surface area contributed by atoms with Crippen molar-refractivity contribution in [3.05, 3.63) is 51.6 Å². The van der Waals surface area contributed by atoms with Crippen LogP contribution in [0.5, 0.6) is 0 Å². The minimum absolute atomic E-state index is 0.162. The van der Waals surface area contributed by atoms with Crippen LogP contribution in [0.4, 0.5) is 15.9 Å². The Morgan fingerprint density at radius 3 is 2.44 bits per heavy atom. The third kappa shape index (κ3) is 4.08. The summed E-state index contributed by atoms with van der Waals surface area (Å²) in [6.07, 6.45) is 0.560. The summed E-state index contributed by atoms with van der Waals surface area (Å²) in [6.45, 7) is 1.82. The number of nitrogens with zero attached hydrogens (tertiary/aromatic N) is 1. The van der Waals surface area contributed by atoms with Crippen molar-refractivity contribution in [1.29, 1.82) is 0 Å². The van der Waals surface area contributed by atoms with E-state index in [9.17, 15) is 14.0 Å². The second-order valence-corrected chi connectivity index (χ2v) is 6.65. The molecule has 2 N–H and O–H groups in total. The number of carbonyl (C=O) groups excluding carboxylic acids is 2. The number of hydrogen-bond acceptors (Lipinski definition) is 3. The van der Waals surface area contributed by atoms with E-state index in [1.807, 2.05) is 6.92 Å². The Hall–Kier alpha value is -2.18. The summed E-state index contributed by atoms with van der Waals surface area (Å²) in [7, 11) is 0. The van der Waals surface area contributed by atoms with Crippen LogP contribution in [0.25, 0.3) is 0 Å². The maximum atomic E-state index is 12.9. The Labute approximate surface area is 153 Å². The van der Waals surface area contributed by atoms with E-state index in [-0.39, 0.29) is 27.8 Å². The molecule has 1 saturated carbocycles. The highest BCUT2D eigenvalue weighted by Crippen LogP contribution is 2.34. The molecule has 3 rings (SSSR count). The number of pyridine rings is 1. The molecule has 0 radical (unpaired) electrons. The second-order valence-electron chi connectivity index (χ2n) is 5.83.